The molecule has 0 amide bonds. The molecule has 1 aromatic heterocycles. The predicted octanol–water partition coefficient (Wildman–Crippen LogP) is 2.63. The van der Waals surface area contributed by atoms with Crippen LogP contribution in [0.3, 0.4) is 0 Å². The van der Waals surface area contributed by atoms with Gasteiger partial charge in [0, 0.05) is 11.4 Å². The van der Waals surface area contributed by atoms with Crippen molar-refractivity contribution in [2.45, 2.75) is 18.9 Å². The fourth-order valence-corrected chi connectivity index (χ4v) is 1.45. The highest BCUT2D eigenvalue weighted by molar-refractivity contribution is 9.09. The van der Waals surface area contributed by atoms with Crippen molar-refractivity contribution in [1.82, 2.24) is 9.55 Å². The van der Waals surface area contributed by atoms with E-state index in [-0.39, 0.29) is 0 Å². The van der Waals surface area contributed by atoms with Crippen LogP contribution in [-0.4, -0.2) is 14.9 Å². The van der Waals surface area contributed by atoms with Crippen LogP contribution in [0.1, 0.15) is 24.6 Å². The Morgan fingerprint density at radius 2 is 2.50 bits per heavy atom. The van der Waals surface area contributed by atoms with Crippen LogP contribution in [0.25, 0.3) is 6.08 Å². The SMILES string of the molecule is BrCC=Cc1cncn1C1CC1. The average Bonchev–Trinajstić information content (AvgIpc) is 2.83. The summed E-state index contributed by atoms with van der Waals surface area (Å²) in [5.74, 6) is 0. The number of nitrogens with zero attached hydrogens (tertiary/aromatic N) is 2. The second-order valence-corrected chi connectivity index (χ2v) is 3.66. The number of hydrogen-bond acceptors (Lipinski definition) is 1. The van der Waals surface area contributed by atoms with Gasteiger partial charge in [-0.05, 0) is 18.9 Å². The van der Waals surface area contributed by atoms with Crippen LogP contribution in [0, 0.1) is 0 Å². The Hall–Kier alpha value is -0.570. The van der Waals surface area contributed by atoms with Crippen LogP contribution < -0.4 is 0 Å². The Labute approximate surface area is 80.4 Å². The lowest BCUT2D eigenvalue weighted by atomic mass is 10.4. The minimum Gasteiger partial charge on any atom is -0.328 e. The van der Waals surface area contributed by atoms with Crippen LogP contribution in [0.4, 0.5) is 0 Å². The van der Waals surface area contributed by atoms with E-state index < -0.39 is 0 Å². The lowest BCUT2D eigenvalue weighted by molar-refractivity contribution is 0.734. The molecule has 0 spiro atoms. The smallest absolute Gasteiger partial charge is 0.0953 e. The molecule has 0 saturated heterocycles. The first-order valence-electron chi connectivity index (χ1n) is 4.16. The molecule has 0 bridgehead atoms. The molecule has 1 aliphatic carbocycles. The van der Waals surface area contributed by atoms with Crippen molar-refractivity contribution in [3.63, 3.8) is 0 Å². The maximum atomic E-state index is 4.13. The molecule has 1 fully saturated rings. The normalized spacial score (nSPS) is 17.4. The van der Waals surface area contributed by atoms with E-state index in [0.717, 1.165) is 11.4 Å². The Kier molecular flexibility index (Phi) is 2.30. The van der Waals surface area contributed by atoms with Crippen LogP contribution in [-0.2, 0) is 0 Å². The van der Waals surface area contributed by atoms with Crippen LogP contribution >= 0.6 is 15.9 Å². The largest absolute Gasteiger partial charge is 0.328 e. The maximum Gasteiger partial charge on any atom is 0.0953 e. The van der Waals surface area contributed by atoms with Gasteiger partial charge in [0.15, 0.2) is 0 Å². The Balaban J connectivity index is 2.18. The zero-order chi connectivity index (χ0) is 8.39. The molecule has 1 aromatic rings. The van der Waals surface area contributed by atoms with Gasteiger partial charge in [-0.2, -0.15) is 0 Å². The third kappa shape index (κ3) is 1.61. The molecule has 0 N–H and O–H groups in total. The number of hydrogen-bond donors (Lipinski definition) is 0. The average molecular weight is 227 g/mol. The summed E-state index contributed by atoms with van der Waals surface area (Å²) in [6, 6.07) is 0.725. The molecule has 1 aliphatic rings. The lowest BCUT2D eigenvalue weighted by Crippen LogP contribution is -1.93. The van der Waals surface area contributed by atoms with Gasteiger partial charge in [-0.25, -0.2) is 4.98 Å². The van der Waals surface area contributed by atoms with Crippen LogP contribution in [0.2, 0.25) is 0 Å². The third-order valence-corrected chi connectivity index (χ3v) is 2.39. The van der Waals surface area contributed by atoms with E-state index in [2.05, 4.69) is 37.6 Å². The number of rotatable bonds is 3. The van der Waals surface area contributed by atoms with Crippen molar-refractivity contribution >= 4 is 22.0 Å². The lowest BCUT2D eigenvalue weighted by Gasteiger charge is -2.00. The summed E-state index contributed by atoms with van der Waals surface area (Å²) in [6.07, 6.45) is 10.7. The van der Waals surface area contributed by atoms with Gasteiger partial charge in [-0.15, -0.1) is 0 Å². The molecular weight excluding hydrogens is 216 g/mol. The molecule has 0 aromatic carbocycles. The second-order valence-electron chi connectivity index (χ2n) is 3.01. The van der Waals surface area contributed by atoms with Crippen molar-refractivity contribution in [3.8, 4) is 0 Å². The summed E-state index contributed by atoms with van der Waals surface area (Å²) in [5, 5.41) is 0.906. The number of allylic oxidation sites excluding steroid dienone is 1. The van der Waals surface area contributed by atoms with Gasteiger partial charge in [-0.1, -0.05) is 22.0 Å². The van der Waals surface area contributed by atoms with Gasteiger partial charge < -0.3 is 4.57 Å². The summed E-state index contributed by atoms with van der Waals surface area (Å²) in [4.78, 5) is 4.13. The van der Waals surface area contributed by atoms with Gasteiger partial charge >= 0.3 is 0 Å². The zero-order valence-electron chi connectivity index (χ0n) is 6.78. The molecule has 64 valence electrons. The Bertz CT molecular complexity index is 286. The molecule has 2 rings (SSSR count). The minimum absolute atomic E-state index is 0.725. The molecule has 3 heteroatoms. The molecule has 0 atom stereocenters. The highest BCUT2D eigenvalue weighted by atomic mass is 79.9. The Morgan fingerprint density at radius 1 is 1.67 bits per heavy atom. The van der Waals surface area contributed by atoms with Gasteiger partial charge in [-0.3, -0.25) is 0 Å². The molecule has 1 heterocycles. The summed E-state index contributed by atoms with van der Waals surface area (Å²) in [5.41, 5.74) is 1.22. The summed E-state index contributed by atoms with van der Waals surface area (Å²) in [7, 11) is 0. The standard InChI is InChI=1S/C9H11BrN2/c10-5-1-2-9-6-11-7-12(9)8-3-4-8/h1-2,6-8H,3-5H2. The predicted molar refractivity (Wildman–Crippen MR) is 53.3 cm³/mol. The van der Waals surface area contributed by atoms with Gasteiger partial charge in [0.25, 0.3) is 0 Å². The molecule has 0 unspecified atom stereocenters. The molecule has 1 saturated carbocycles. The van der Waals surface area contributed by atoms with E-state index in [4.69, 9.17) is 0 Å². The second kappa shape index (κ2) is 3.44. The van der Waals surface area contributed by atoms with E-state index in [0.29, 0.717) is 0 Å². The Morgan fingerprint density at radius 3 is 3.17 bits per heavy atom. The fraction of sp³-hybridized carbons (Fsp3) is 0.444. The maximum absolute atomic E-state index is 4.13. The van der Waals surface area contributed by atoms with E-state index in [1.54, 1.807) is 0 Å². The fourth-order valence-electron chi connectivity index (χ4n) is 1.27. The molecular formula is C9H11BrN2. The minimum atomic E-state index is 0.725. The molecule has 0 radical (unpaired) electrons. The van der Waals surface area contributed by atoms with Crippen molar-refractivity contribution in [2.24, 2.45) is 0 Å². The van der Waals surface area contributed by atoms with Gasteiger partial charge in [0.2, 0.25) is 0 Å². The topological polar surface area (TPSA) is 17.8 Å². The highest BCUT2D eigenvalue weighted by Gasteiger charge is 2.24. The van der Waals surface area contributed by atoms with Crippen molar-refractivity contribution in [1.29, 1.82) is 0 Å². The highest BCUT2D eigenvalue weighted by Crippen LogP contribution is 2.35. The summed E-state index contributed by atoms with van der Waals surface area (Å²) < 4.78 is 2.25. The van der Waals surface area contributed by atoms with E-state index in [1.807, 2.05) is 12.5 Å². The van der Waals surface area contributed by atoms with Crippen molar-refractivity contribution in [3.05, 3.63) is 24.3 Å². The first kappa shape index (κ1) is 8.05. The summed E-state index contributed by atoms with van der Waals surface area (Å²) in [6.45, 7) is 0. The summed E-state index contributed by atoms with van der Waals surface area (Å²) >= 11 is 3.36. The number of alkyl halides is 1. The first-order chi connectivity index (χ1) is 5.92. The van der Waals surface area contributed by atoms with Crippen molar-refractivity contribution in [2.75, 3.05) is 5.33 Å². The van der Waals surface area contributed by atoms with Crippen molar-refractivity contribution < 1.29 is 0 Å². The quantitative estimate of drug-likeness (QED) is 0.726. The monoisotopic (exact) mass is 226 g/mol. The van der Waals surface area contributed by atoms with E-state index >= 15 is 0 Å². The molecule has 0 aliphatic heterocycles. The number of halogens is 1. The van der Waals surface area contributed by atoms with Gasteiger partial charge in [0.05, 0.1) is 18.2 Å². The molecule has 12 heavy (non-hydrogen) atoms. The molecule has 2 nitrogen and oxygen atoms in total. The zero-order valence-corrected chi connectivity index (χ0v) is 8.37. The third-order valence-electron chi connectivity index (χ3n) is 2.01. The van der Waals surface area contributed by atoms with E-state index in [1.165, 1.54) is 18.5 Å². The van der Waals surface area contributed by atoms with E-state index in [9.17, 15) is 0 Å². The van der Waals surface area contributed by atoms with Crippen LogP contribution in [0.15, 0.2) is 18.6 Å². The first-order valence-corrected chi connectivity index (χ1v) is 5.28. The number of aromatic nitrogens is 2. The van der Waals surface area contributed by atoms with Gasteiger partial charge in [0.1, 0.15) is 0 Å². The van der Waals surface area contributed by atoms with Crippen LogP contribution in [0.5, 0.6) is 0 Å². The number of imidazole rings is 1.